The Labute approximate surface area is 127 Å². The normalized spacial score (nSPS) is 11.2. The molecule has 1 aromatic carbocycles. The molecule has 2 aromatic rings. The number of hydrogen-bond donors (Lipinski definition) is 2. The fraction of sp³-hybridized carbons (Fsp3) is 0.154. The summed E-state index contributed by atoms with van der Waals surface area (Å²) in [6.07, 6.45) is 1.38. The Morgan fingerprint density at radius 2 is 2.05 bits per heavy atom. The van der Waals surface area contributed by atoms with Gasteiger partial charge in [0.05, 0.1) is 10.6 Å². The predicted molar refractivity (Wildman–Crippen MR) is 80.6 cm³/mol. The Morgan fingerprint density at radius 1 is 1.29 bits per heavy atom. The summed E-state index contributed by atoms with van der Waals surface area (Å²) in [6, 6.07) is 6.22. The molecule has 0 radical (unpaired) electrons. The molecule has 0 aliphatic carbocycles. The van der Waals surface area contributed by atoms with Gasteiger partial charge in [-0.2, -0.15) is 0 Å². The molecule has 2 rings (SSSR count). The number of aromatic nitrogens is 1. The third kappa shape index (κ3) is 4.05. The van der Waals surface area contributed by atoms with Crippen LogP contribution in [0.1, 0.15) is 6.92 Å². The van der Waals surface area contributed by atoms with Crippen LogP contribution in [0.2, 0.25) is 5.02 Å². The maximum Gasteiger partial charge on any atom is 0.262 e. The van der Waals surface area contributed by atoms with Crippen LogP contribution in [-0.4, -0.2) is 19.9 Å². The van der Waals surface area contributed by atoms with Crippen molar-refractivity contribution in [1.82, 2.24) is 4.98 Å². The number of anilines is 2. The van der Waals surface area contributed by atoms with E-state index in [9.17, 15) is 12.8 Å². The lowest BCUT2D eigenvalue weighted by Crippen LogP contribution is -2.14. The number of nitrogens with one attached hydrogen (secondary N) is 2. The lowest BCUT2D eigenvalue weighted by Gasteiger charge is -2.10. The molecule has 0 aliphatic heterocycles. The summed E-state index contributed by atoms with van der Waals surface area (Å²) in [7, 11) is -3.84. The molecule has 2 N–H and O–H groups in total. The van der Waals surface area contributed by atoms with E-state index in [4.69, 9.17) is 11.6 Å². The zero-order valence-corrected chi connectivity index (χ0v) is 12.7. The van der Waals surface area contributed by atoms with Crippen LogP contribution < -0.4 is 10.0 Å². The molecule has 0 spiro atoms. The highest BCUT2D eigenvalue weighted by Gasteiger charge is 2.15. The van der Waals surface area contributed by atoms with Crippen molar-refractivity contribution in [3.05, 3.63) is 47.4 Å². The monoisotopic (exact) mass is 329 g/mol. The van der Waals surface area contributed by atoms with Gasteiger partial charge in [0.1, 0.15) is 11.6 Å². The van der Waals surface area contributed by atoms with Crippen LogP contribution >= 0.6 is 11.6 Å². The van der Waals surface area contributed by atoms with Gasteiger partial charge in [0, 0.05) is 23.8 Å². The van der Waals surface area contributed by atoms with Gasteiger partial charge in [-0.1, -0.05) is 11.6 Å². The summed E-state index contributed by atoms with van der Waals surface area (Å²) in [4.78, 5) is 4.02. The molecule has 112 valence electrons. The van der Waals surface area contributed by atoms with Crippen molar-refractivity contribution in [2.45, 2.75) is 11.8 Å². The second kappa shape index (κ2) is 6.28. The standard InChI is InChI=1S/C13H13ClFN3O2S/c1-2-16-13-8-12(3-4-17-13)21(19,20)18-11-6-9(14)5-10(15)7-11/h3-8,18H,2H2,1H3,(H,16,17). The van der Waals surface area contributed by atoms with Gasteiger partial charge in [0.15, 0.2) is 0 Å². The van der Waals surface area contributed by atoms with E-state index in [0.717, 1.165) is 12.1 Å². The van der Waals surface area contributed by atoms with E-state index in [0.29, 0.717) is 12.4 Å². The first-order valence-electron chi connectivity index (χ1n) is 6.09. The SMILES string of the molecule is CCNc1cc(S(=O)(=O)Nc2cc(F)cc(Cl)c2)ccn1. The Hall–Kier alpha value is -1.86. The minimum absolute atomic E-state index is 0.0221. The number of benzene rings is 1. The minimum Gasteiger partial charge on any atom is -0.370 e. The van der Waals surface area contributed by atoms with E-state index >= 15 is 0 Å². The maximum atomic E-state index is 13.2. The second-order valence-corrected chi connectivity index (χ2v) is 6.29. The quantitative estimate of drug-likeness (QED) is 0.884. The van der Waals surface area contributed by atoms with E-state index < -0.39 is 15.8 Å². The Balaban J connectivity index is 2.31. The van der Waals surface area contributed by atoms with Crippen molar-refractivity contribution in [2.24, 2.45) is 0 Å². The van der Waals surface area contributed by atoms with Crippen LogP contribution in [-0.2, 0) is 10.0 Å². The number of hydrogen-bond acceptors (Lipinski definition) is 4. The molecule has 0 atom stereocenters. The third-order valence-electron chi connectivity index (χ3n) is 2.51. The molecule has 0 amide bonds. The first-order chi connectivity index (χ1) is 9.90. The Bertz CT molecular complexity index is 733. The van der Waals surface area contributed by atoms with E-state index in [1.165, 1.54) is 24.4 Å². The third-order valence-corrected chi connectivity index (χ3v) is 4.11. The summed E-state index contributed by atoms with van der Waals surface area (Å²) in [5.74, 6) is -0.180. The zero-order chi connectivity index (χ0) is 15.5. The van der Waals surface area contributed by atoms with Crippen molar-refractivity contribution < 1.29 is 12.8 Å². The summed E-state index contributed by atoms with van der Waals surface area (Å²) < 4.78 is 40.0. The highest BCUT2D eigenvalue weighted by atomic mass is 35.5. The van der Waals surface area contributed by atoms with Gasteiger partial charge in [-0.15, -0.1) is 0 Å². The van der Waals surface area contributed by atoms with E-state index in [1.807, 2.05) is 6.92 Å². The first kappa shape index (κ1) is 15.5. The van der Waals surface area contributed by atoms with Crippen LogP contribution in [0.5, 0.6) is 0 Å². The Morgan fingerprint density at radius 3 is 2.71 bits per heavy atom. The smallest absolute Gasteiger partial charge is 0.262 e. The summed E-state index contributed by atoms with van der Waals surface area (Å²) in [5, 5.41) is 3.02. The Kier molecular flexibility index (Phi) is 4.64. The molecule has 5 nitrogen and oxygen atoms in total. The molecule has 0 aliphatic rings. The van der Waals surface area contributed by atoms with Crippen LogP contribution in [0, 0.1) is 5.82 Å². The van der Waals surface area contributed by atoms with E-state index in [1.54, 1.807) is 0 Å². The van der Waals surface area contributed by atoms with Gasteiger partial charge >= 0.3 is 0 Å². The fourth-order valence-electron chi connectivity index (χ4n) is 1.68. The summed E-state index contributed by atoms with van der Waals surface area (Å²) >= 11 is 5.70. The van der Waals surface area contributed by atoms with Gasteiger partial charge in [-0.3, -0.25) is 4.72 Å². The number of halogens is 2. The van der Waals surface area contributed by atoms with Gasteiger partial charge in [-0.05, 0) is 31.2 Å². The molecule has 21 heavy (non-hydrogen) atoms. The molecule has 0 saturated carbocycles. The van der Waals surface area contributed by atoms with Gasteiger partial charge in [-0.25, -0.2) is 17.8 Å². The molecule has 1 heterocycles. The van der Waals surface area contributed by atoms with E-state index in [2.05, 4.69) is 15.0 Å². The molecular weight excluding hydrogens is 317 g/mol. The maximum absolute atomic E-state index is 13.2. The predicted octanol–water partition coefficient (Wildman–Crippen LogP) is 3.11. The number of pyridine rings is 1. The summed E-state index contributed by atoms with van der Waals surface area (Å²) in [6.45, 7) is 2.49. The molecule has 0 bridgehead atoms. The van der Waals surface area contributed by atoms with Gasteiger partial charge in [0.2, 0.25) is 0 Å². The number of rotatable bonds is 5. The minimum atomic E-state index is -3.84. The average molecular weight is 330 g/mol. The van der Waals surface area contributed by atoms with Crippen LogP contribution in [0.4, 0.5) is 15.9 Å². The highest BCUT2D eigenvalue weighted by Crippen LogP contribution is 2.22. The van der Waals surface area contributed by atoms with Crippen molar-refractivity contribution >= 4 is 33.1 Å². The number of sulfonamides is 1. The molecule has 0 fully saturated rings. The lowest BCUT2D eigenvalue weighted by atomic mass is 10.3. The van der Waals surface area contributed by atoms with Crippen molar-refractivity contribution in [3.8, 4) is 0 Å². The van der Waals surface area contributed by atoms with Crippen molar-refractivity contribution in [2.75, 3.05) is 16.6 Å². The molecule has 1 aromatic heterocycles. The van der Waals surface area contributed by atoms with Gasteiger partial charge in [0.25, 0.3) is 10.0 Å². The van der Waals surface area contributed by atoms with Crippen molar-refractivity contribution in [1.29, 1.82) is 0 Å². The van der Waals surface area contributed by atoms with Gasteiger partial charge < -0.3 is 5.32 Å². The largest absolute Gasteiger partial charge is 0.370 e. The van der Waals surface area contributed by atoms with Crippen LogP contribution in [0.3, 0.4) is 0 Å². The van der Waals surface area contributed by atoms with Crippen LogP contribution in [0.25, 0.3) is 0 Å². The summed E-state index contributed by atoms with van der Waals surface area (Å²) in [5.41, 5.74) is 0.0572. The van der Waals surface area contributed by atoms with Crippen LogP contribution in [0.15, 0.2) is 41.4 Å². The first-order valence-corrected chi connectivity index (χ1v) is 7.95. The average Bonchev–Trinajstić information content (AvgIpc) is 2.37. The second-order valence-electron chi connectivity index (χ2n) is 4.17. The number of nitrogens with zero attached hydrogens (tertiary/aromatic N) is 1. The highest BCUT2D eigenvalue weighted by molar-refractivity contribution is 7.92. The van der Waals surface area contributed by atoms with E-state index in [-0.39, 0.29) is 15.6 Å². The molecular formula is C13H13ClFN3O2S. The topological polar surface area (TPSA) is 71.1 Å². The molecule has 0 saturated heterocycles. The fourth-order valence-corrected chi connectivity index (χ4v) is 2.96. The zero-order valence-electron chi connectivity index (χ0n) is 11.1. The van der Waals surface area contributed by atoms with Crippen molar-refractivity contribution in [3.63, 3.8) is 0 Å². The lowest BCUT2D eigenvalue weighted by molar-refractivity contribution is 0.601. The molecule has 0 unspecified atom stereocenters. The molecule has 8 heteroatoms.